The van der Waals surface area contributed by atoms with E-state index in [1.165, 1.54) is 37.8 Å². The molecule has 1 aliphatic rings. The average molecular weight is 374 g/mol. The summed E-state index contributed by atoms with van der Waals surface area (Å²) in [6.45, 7) is 0.475. The van der Waals surface area contributed by atoms with Gasteiger partial charge >= 0.3 is 0 Å². The molecule has 1 atom stereocenters. The van der Waals surface area contributed by atoms with E-state index in [9.17, 15) is 13.2 Å². The van der Waals surface area contributed by atoms with E-state index in [4.69, 9.17) is 10.7 Å². The zero-order chi connectivity index (χ0) is 17.6. The van der Waals surface area contributed by atoms with Gasteiger partial charge < -0.3 is 11.1 Å². The van der Waals surface area contributed by atoms with Crippen molar-refractivity contribution in [2.45, 2.75) is 56.9 Å². The van der Waals surface area contributed by atoms with Crippen LogP contribution in [0.15, 0.2) is 5.38 Å². The molecule has 2 rings (SSSR count). The lowest BCUT2D eigenvalue weighted by Crippen LogP contribution is -2.42. The standard InChI is InChI=1S/C16H27N3O3S2/c1-24(21,22)10-8-13(17)16(20)18-9-7-15-19-14(11-23-15)12-5-3-2-4-6-12/h11-13H,2-10,17H2,1H3,(H,18,20). The minimum atomic E-state index is -3.09. The fourth-order valence-corrected chi connectivity index (χ4v) is 4.48. The number of aromatic nitrogens is 1. The molecule has 6 nitrogen and oxygen atoms in total. The maximum Gasteiger partial charge on any atom is 0.236 e. The van der Waals surface area contributed by atoms with E-state index >= 15 is 0 Å². The molecule has 1 aromatic heterocycles. The molecule has 1 saturated carbocycles. The van der Waals surface area contributed by atoms with E-state index in [0.29, 0.717) is 18.9 Å². The van der Waals surface area contributed by atoms with E-state index in [2.05, 4.69) is 10.7 Å². The largest absolute Gasteiger partial charge is 0.354 e. The number of sulfone groups is 1. The molecule has 1 heterocycles. The van der Waals surface area contributed by atoms with E-state index < -0.39 is 15.9 Å². The van der Waals surface area contributed by atoms with Crippen molar-refractivity contribution in [1.29, 1.82) is 0 Å². The van der Waals surface area contributed by atoms with Gasteiger partial charge in [0, 0.05) is 30.5 Å². The van der Waals surface area contributed by atoms with E-state index in [-0.39, 0.29) is 18.1 Å². The van der Waals surface area contributed by atoms with Crippen molar-refractivity contribution < 1.29 is 13.2 Å². The Labute approximate surface area is 148 Å². The Bertz CT molecular complexity index is 637. The first-order chi connectivity index (χ1) is 11.3. The van der Waals surface area contributed by atoms with Crippen molar-refractivity contribution in [3.8, 4) is 0 Å². The monoisotopic (exact) mass is 373 g/mol. The number of hydrogen-bond donors (Lipinski definition) is 2. The van der Waals surface area contributed by atoms with Gasteiger partial charge in [0.25, 0.3) is 0 Å². The molecule has 0 aromatic carbocycles. The molecule has 1 fully saturated rings. The van der Waals surface area contributed by atoms with Crippen LogP contribution in [0, 0.1) is 0 Å². The summed E-state index contributed by atoms with van der Waals surface area (Å²) in [7, 11) is -3.09. The molecule has 3 N–H and O–H groups in total. The van der Waals surface area contributed by atoms with Crippen LogP contribution in [-0.4, -0.2) is 43.9 Å². The average Bonchev–Trinajstić information content (AvgIpc) is 3.01. The maximum absolute atomic E-state index is 11.9. The number of hydrogen-bond acceptors (Lipinski definition) is 6. The molecule has 1 amide bonds. The van der Waals surface area contributed by atoms with Gasteiger partial charge in [0.05, 0.1) is 22.5 Å². The Hall–Kier alpha value is -0.990. The molecule has 1 aromatic rings. The number of nitrogens with one attached hydrogen (secondary N) is 1. The van der Waals surface area contributed by atoms with Gasteiger partial charge in [-0.1, -0.05) is 19.3 Å². The van der Waals surface area contributed by atoms with Gasteiger partial charge in [0.1, 0.15) is 9.84 Å². The van der Waals surface area contributed by atoms with Gasteiger partial charge in [-0.3, -0.25) is 4.79 Å². The van der Waals surface area contributed by atoms with Crippen LogP contribution in [0.1, 0.15) is 55.1 Å². The zero-order valence-corrected chi connectivity index (χ0v) is 15.8. The number of carbonyl (C=O) groups excluding carboxylic acids is 1. The number of nitrogens with two attached hydrogens (primary N) is 1. The first-order valence-electron chi connectivity index (χ1n) is 8.50. The molecule has 0 saturated heterocycles. The summed E-state index contributed by atoms with van der Waals surface area (Å²) >= 11 is 1.64. The quantitative estimate of drug-likeness (QED) is 0.721. The van der Waals surface area contributed by atoms with Crippen molar-refractivity contribution >= 4 is 27.1 Å². The molecule has 0 aliphatic heterocycles. The molecular formula is C16H27N3O3S2. The highest BCUT2D eigenvalue weighted by Crippen LogP contribution is 2.33. The summed E-state index contributed by atoms with van der Waals surface area (Å²) in [5, 5.41) is 5.94. The van der Waals surface area contributed by atoms with Crippen LogP contribution in [0.25, 0.3) is 0 Å². The highest BCUT2D eigenvalue weighted by atomic mass is 32.2. The minimum absolute atomic E-state index is 0.0706. The van der Waals surface area contributed by atoms with Gasteiger partial charge in [-0.2, -0.15) is 0 Å². The predicted octanol–water partition coefficient (Wildman–Crippen LogP) is 1.61. The number of nitrogens with zero attached hydrogens (tertiary/aromatic N) is 1. The SMILES string of the molecule is CS(=O)(=O)CCC(N)C(=O)NCCc1nc(C2CCCCC2)cs1. The van der Waals surface area contributed by atoms with Crippen LogP contribution >= 0.6 is 11.3 Å². The topological polar surface area (TPSA) is 102 Å². The molecule has 0 spiro atoms. The molecule has 1 aliphatic carbocycles. The summed E-state index contributed by atoms with van der Waals surface area (Å²) in [6, 6.07) is -0.784. The minimum Gasteiger partial charge on any atom is -0.354 e. The van der Waals surface area contributed by atoms with E-state index in [1.54, 1.807) is 11.3 Å². The zero-order valence-electron chi connectivity index (χ0n) is 14.2. The van der Waals surface area contributed by atoms with Crippen molar-refractivity contribution in [3.05, 3.63) is 16.1 Å². The lowest BCUT2D eigenvalue weighted by Gasteiger charge is -2.19. The summed E-state index contributed by atoms with van der Waals surface area (Å²) in [4.78, 5) is 16.6. The Balaban J connectivity index is 1.71. The molecule has 8 heteroatoms. The second-order valence-corrected chi connectivity index (χ2v) is 9.77. The third-order valence-electron chi connectivity index (χ3n) is 4.37. The van der Waals surface area contributed by atoms with Crippen LogP contribution in [0.5, 0.6) is 0 Å². The van der Waals surface area contributed by atoms with E-state index in [1.807, 2.05) is 0 Å². The summed E-state index contributed by atoms with van der Waals surface area (Å²) in [5.74, 6) is 0.226. The smallest absolute Gasteiger partial charge is 0.236 e. The summed E-state index contributed by atoms with van der Waals surface area (Å²) in [5.41, 5.74) is 6.92. The van der Waals surface area contributed by atoms with Gasteiger partial charge in [0.2, 0.25) is 5.91 Å². The normalized spacial score (nSPS) is 17.6. The van der Waals surface area contributed by atoms with Crippen molar-refractivity contribution in [2.24, 2.45) is 5.73 Å². The fraction of sp³-hybridized carbons (Fsp3) is 0.750. The van der Waals surface area contributed by atoms with Crippen molar-refractivity contribution in [3.63, 3.8) is 0 Å². The van der Waals surface area contributed by atoms with Gasteiger partial charge in [-0.25, -0.2) is 13.4 Å². The molecular weight excluding hydrogens is 346 g/mol. The van der Waals surface area contributed by atoms with Crippen LogP contribution in [-0.2, 0) is 21.1 Å². The van der Waals surface area contributed by atoms with Crippen LogP contribution < -0.4 is 11.1 Å². The molecule has 24 heavy (non-hydrogen) atoms. The summed E-state index contributed by atoms with van der Waals surface area (Å²) in [6.07, 6.45) is 8.35. The number of thiazole rings is 1. The van der Waals surface area contributed by atoms with Gasteiger partial charge in [-0.05, 0) is 19.3 Å². The maximum atomic E-state index is 11.9. The van der Waals surface area contributed by atoms with Crippen LogP contribution in [0.4, 0.5) is 0 Å². The lowest BCUT2D eigenvalue weighted by atomic mass is 9.87. The molecule has 136 valence electrons. The Morgan fingerprint density at radius 2 is 2.12 bits per heavy atom. The number of amides is 1. The van der Waals surface area contributed by atoms with Crippen molar-refractivity contribution in [1.82, 2.24) is 10.3 Å². The second kappa shape index (κ2) is 8.92. The Kier molecular flexibility index (Phi) is 7.18. The number of rotatable bonds is 8. The summed E-state index contributed by atoms with van der Waals surface area (Å²) < 4.78 is 22.2. The Morgan fingerprint density at radius 3 is 2.79 bits per heavy atom. The van der Waals surface area contributed by atoms with Gasteiger partial charge in [-0.15, -0.1) is 11.3 Å². The molecule has 1 unspecified atom stereocenters. The number of carbonyl (C=O) groups is 1. The van der Waals surface area contributed by atoms with E-state index in [0.717, 1.165) is 11.3 Å². The van der Waals surface area contributed by atoms with Gasteiger partial charge in [0.15, 0.2) is 0 Å². The lowest BCUT2D eigenvalue weighted by molar-refractivity contribution is -0.122. The first-order valence-corrected chi connectivity index (χ1v) is 11.4. The Morgan fingerprint density at radius 1 is 1.42 bits per heavy atom. The first kappa shape index (κ1) is 19.3. The van der Waals surface area contributed by atoms with Crippen LogP contribution in [0.3, 0.4) is 0 Å². The third kappa shape index (κ3) is 6.49. The highest BCUT2D eigenvalue weighted by Gasteiger charge is 2.19. The molecule has 0 radical (unpaired) electrons. The second-order valence-electron chi connectivity index (χ2n) is 6.57. The highest BCUT2D eigenvalue weighted by molar-refractivity contribution is 7.90. The third-order valence-corrected chi connectivity index (χ3v) is 6.27. The van der Waals surface area contributed by atoms with Crippen LogP contribution in [0.2, 0.25) is 0 Å². The predicted molar refractivity (Wildman–Crippen MR) is 97.0 cm³/mol. The van der Waals surface area contributed by atoms with Crippen molar-refractivity contribution in [2.75, 3.05) is 18.6 Å². The molecule has 0 bridgehead atoms. The fourth-order valence-electron chi connectivity index (χ4n) is 2.92.